The van der Waals surface area contributed by atoms with Crippen molar-refractivity contribution in [1.82, 2.24) is 15.1 Å². The van der Waals surface area contributed by atoms with Gasteiger partial charge in [0.25, 0.3) is 0 Å². The zero-order valence-electron chi connectivity index (χ0n) is 14.4. The predicted octanol–water partition coefficient (Wildman–Crippen LogP) is 1.19. The van der Waals surface area contributed by atoms with Crippen LogP contribution in [0.25, 0.3) is 0 Å². The smallest absolute Gasteiger partial charge is 0.324 e. The van der Waals surface area contributed by atoms with Crippen molar-refractivity contribution in [2.24, 2.45) is 5.92 Å². The summed E-state index contributed by atoms with van der Waals surface area (Å²) in [7, 11) is 4.16. The molecule has 5 heteroatoms. The molecule has 0 amide bonds. The number of rotatable bonds is 11. The molecule has 21 heavy (non-hydrogen) atoms. The maximum absolute atomic E-state index is 12.1. The fraction of sp³-hybridized carbons (Fsp3) is 0.938. The molecule has 0 aromatic heterocycles. The Morgan fingerprint density at radius 1 is 1.24 bits per heavy atom. The Bertz CT molecular complexity index is 304. The van der Waals surface area contributed by atoms with Crippen LogP contribution < -0.4 is 5.32 Å². The highest BCUT2D eigenvalue weighted by Gasteiger charge is 2.30. The van der Waals surface area contributed by atoms with Gasteiger partial charge >= 0.3 is 5.97 Å². The molecule has 5 nitrogen and oxygen atoms in total. The lowest BCUT2D eigenvalue weighted by Crippen LogP contribution is -2.49. The summed E-state index contributed by atoms with van der Waals surface area (Å²) in [5.74, 6) is 0.485. The van der Waals surface area contributed by atoms with E-state index in [0.717, 1.165) is 26.2 Å². The topological polar surface area (TPSA) is 44.8 Å². The van der Waals surface area contributed by atoms with Crippen LogP contribution in [0.2, 0.25) is 0 Å². The Labute approximate surface area is 130 Å². The van der Waals surface area contributed by atoms with Crippen molar-refractivity contribution in [3.63, 3.8) is 0 Å². The molecule has 1 saturated carbocycles. The van der Waals surface area contributed by atoms with E-state index in [0.29, 0.717) is 18.6 Å². The normalized spacial score (nSPS) is 16.8. The van der Waals surface area contributed by atoms with Gasteiger partial charge in [0.05, 0.1) is 6.61 Å². The molecule has 1 atom stereocenters. The van der Waals surface area contributed by atoms with Crippen LogP contribution in [-0.4, -0.2) is 74.7 Å². The maximum Gasteiger partial charge on any atom is 0.324 e. The van der Waals surface area contributed by atoms with Gasteiger partial charge in [0.2, 0.25) is 0 Å². The largest absolute Gasteiger partial charge is 0.465 e. The minimum atomic E-state index is -0.196. The van der Waals surface area contributed by atoms with E-state index in [9.17, 15) is 4.79 Å². The van der Waals surface area contributed by atoms with Gasteiger partial charge in [0, 0.05) is 32.2 Å². The van der Waals surface area contributed by atoms with E-state index in [1.165, 1.54) is 12.8 Å². The van der Waals surface area contributed by atoms with E-state index < -0.39 is 0 Å². The molecule has 0 bridgehead atoms. The Morgan fingerprint density at radius 3 is 2.38 bits per heavy atom. The number of carbonyl (C=O) groups is 1. The fourth-order valence-electron chi connectivity index (χ4n) is 2.35. The van der Waals surface area contributed by atoms with Crippen LogP contribution in [0.5, 0.6) is 0 Å². The van der Waals surface area contributed by atoms with Crippen LogP contribution >= 0.6 is 0 Å². The van der Waals surface area contributed by atoms with Crippen LogP contribution in [0, 0.1) is 5.92 Å². The third-order valence-electron chi connectivity index (χ3n) is 3.51. The number of esters is 1. The van der Waals surface area contributed by atoms with Crippen LogP contribution in [0.15, 0.2) is 0 Å². The first kappa shape index (κ1) is 18.4. The quantitative estimate of drug-likeness (QED) is 0.581. The Balaban J connectivity index is 2.56. The molecule has 1 fully saturated rings. The number of hydrogen-bond donors (Lipinski definition) is 1. The lowest BCUT2D eigenvalue weighted by atomic mass is 10.1. The van der Waals surface area contributed by atoms with Gasteiger partial charge in [-0.25, -0.2) is 0 Å². The minimum absolute atomic E-state index is 0.108. The third kappa shape index (κ3) is 8.39. The molecule has 1 N–H and O–H groups in total. The van der Waals surface area contributed by atoms with E-state index in [2.05, 4.69) is 43.1 Å². The van der Waals surface area contributed by atoms with Crippen molar-refractivity contribution >= 4 is 5.97 Å². The highest BCUT2D eigenvalue weighted by atomic mass is 16.5. The first-order valence-electron chi connectivity index (χ1n) is 8.22. The van der Waals surface area contributed by atoms with Crippen molar-refractivity contribution in [3.05, 3.63) is 0 Å². The molecule has 0 radical (unpaired) electrons. The predicted molar refractivity (Wildman–Crippen MR) is 86.4 cm³/mol. The van der Waals surface area contributed by atoms with Gasteiger partial charge in [0.15, 0.2) is 0 Å². The number of hydrogen-bond acceptors (Lipinski definition) is 5. The highest BCUT2D eigenvalue weighted by Crippen LogP contribution is 2.20. The average molecular weight is 299 g/mol. The van der Waals surface area contributed by atoms with Crippen molar-refractivity contribution < 1.29 is 9.53 Å². The summed E-state index contributed by atoms with van der Waals surface area (Å²) in [6.45, 7) is 10.5. The summed E-state index contributed by atoms with van der Waals surface area (Å²) in [6.07, 6.45) is 2.36. The summed E-state index contributed by atoms with van der Waals surface area (Å²) in [5.41, 5.74) is 0. The van der Waals surface area contributed by atoms with Gasteiger partial charge in [-0.3, -0.25) is 9.69 Å². The molecule has 1 aliphatic carbocycles. The molecular formula is C16H33N3O2. The van der Waals surface area contributed by atoms with Gasteiger partial charge in [0.1, 0.15) is 6.04 Å². The average Bonchev–Trinajstić information content (AvgIpc) is 3.18. The van der Waals surface area contributed by atoms with Crippen molar-refractivity contribution in [2.45, 2.75) is 45.7 Å². The van der Waals surface area contributed by atoms with Gasteiger partial charge in [-0.2, -0.15) is 0 Å². The fourth-order valence-corrected chi connectivity index (χ4v) is 2.35. The molecule has 0 aromatic carbocycles. The molecule has 0 heterocycles. The third-order valence-corrected chi connectivity index (χ3v) is 3.51. The molecule has 0 saturated heterocycles. The molecular weight excluding hydrogens is 266 g/mol. The minimum Gasteiger partial charge on any atom is -0.465 e. The molecule has 0 aliphatic heterocycles. The highest BCUT2D eigenvalue weighted by molar-refractivity contribution is 5.76. The van der Waals surface area contributed by atoms with Crippen LogP contribution in [0.4, 0.5) is 0 Å². The second-order valence-electron chi connectivity index (χ2n) is 6.70. The monoisotopic (exact) mass is 299 g/mol. The first-order valence-corrected chi connectivity index (χ1v) is 8.22. The van der Waals surface area contributed by atoms with Crippen molar-refractivity contribution in [3.8, 4) is 0 Å². The second-order valence-corrected chi connectivity index (χ2v) is 6.70. The van der Waals surface area contributed by atoms with E-state index in [1.807, 2.05) is 6.92 Å². The van der Waals surface area contributed by atoms with E-state index in [1.54, 1.807) is 0 Å². The van der Waals surface area contributed by atoms with Crippen molar-refractivity contribution in [2.75, 3.05) is 46.9 Å². The van der Waals surface area contributed by atoms with Crippen LogP contribution in [-0.2, 0) is 9.53 Å². The SMILES string of the molecule is CCOC(=O)C(CN(CCN(C)C)CC(C)C)NC1CC1. The summed E-state index contributed by atoms with van der Waals surface area (Å²) in [5, 5.41) is 3.44. The lowest BCUT2D eigenvalue weighted by molar-refractivity contribution is -0.146. The Hall–Kier alpha value is -0.650. The summed E-state index contributed by atoms with van der Waals surface area (Å²) >= 11 is 0. The summed E-state index contributed by atoms with van der Waals surface area (Å²) in [6, 6.07) is 0.313. The zero-order chi connectivity index (χ0) is 15.8. The Morgan fingerprint density at radius 2 is 1.90 bits per heavy atom. The molecule has 1 rings (SSSR count). The molecule has 124 valence electrons. The molecule has 1 aliphatic rings. The van der Waals surface area contributed by atoms with Crippen molar-refractivity contribution in [1.29, 1.82) is 0 Å². The van der Waals surface area contributed by atoms with E-state index in [-0.39, 0.29) is 12.0 Å². The van der Waals surface area contributed by atoms with Gasteiger partial charge < -0.3 is 15.0 Å². The van der Waals surface area contributed by atoms with E-state index in [4.69, 9.17) is 4.74 Å². The molecule has 0 aromatic rings. The van der Waals surface area contributed by atoms with Crippen LogP contribution in [0.1, 0.15) is 33.6 Å². The number of likely N-dealkylation sites (N-methyl/N-ethyl adjacent to an activating group) is 1. The van der Waals surface area contributed by atoms with Crippen LogP contribution in [0.3, 0.4) is 0 Å². The second kappa shape index (κ2) is 9.38. The Kier molecular flexibility index (Phi) is 8.22. The van der Waals surface area contributed by atoms with Gasteiger partial charge in [-0.15, -0.1) is 0 Å². The lowest BCUT2D eigenvalue weighted by Gasteiger charge is -2.29. The first-order chi connectivity index (χ1) is 9.92. The van der Waals surface area contributed by atoms with E-state index >= 15 is 0 Å². The number of nitrogens with one attached hydrogen (secondary N) is 1. The maximum atomic E-state index is 12.1. The number of carbonyl (C=O) groups excluding carboxylic acids is 1. The standard InChI is InChI=1S/C16H33N3O2/c1-6-21-16(20)15(17-14-7-8-14)12-19(11-13(2)3)10-9-18(4)5/h13-15,17H,6-12H2,1-5H3. The summed E-state index contributed by atoms with van der Waals surface area (Å²) in [4.78, 5) is 16.7. The molecule has 0 spiro atoms. The zero-order valence-corrected chi connectivity index (χ0v) is 14.4. The number of nitrogens with zero attached hydrogens (tertiary/aromatic N) is 2. The number of ether oxygens (including phenoxy) is 1. The van der Waals surface area contributed by atoms with Gasteiger partial charge in [-0.1, -0.05) is 13.8 Å². The summed E-state index contributed by atoms with van der Waals surface area (Å²) < 4.78 is 5.23. The van der Waals surface area contributed by atoms with Gasteiger partial charge in [-0.05, 0) is 39.8 Å². The molecule has 1 unspecified atom stereocenters.